The van der Waals surface area contributed by atoms with Gasteiger partial charge in [0.05, 0.1) is 17.0 Å². The van der Waals surface area contributed by atoms with Crippen LogP contribution in [-0.2, 0) is 26.0 Å². The first-order valence-corrected chi connectivity index (χ1v) is 12.3. The van der Waals surface area contributed by atoms with Crippen LogP contribution in [-0.4, -0.2) is 37.1 Å². The third-order valence-electron chi connectivity index (χ3n) is 5.65. The zero-order valence-corrected chi connectivity index (χ0v) is 19.6. The standard InChI is InChI=1S/C25H23ClN2O4S/c1-18-7-11-21(12-8-18)28-24(29)17-23(25(28)30)27(16-15-19-5-3-2-4-6-19)33(31,32)22-13-9-20(26)10-14-22/h2-14,23H,15-17H2,1H3. The molecule has 1 fully saturated rings. The molecule has 170 valence electrons. The molecule has 2 amide bonds. The number of benzene rings is 3. The molecule has 1 atom stereocenters. The maximum atomic E-state index is 13.6. The summed E-state index contributed by atoms with van der Waals surface area (Å²) in [5.41, 5.74) is 2.36. The maximum absolute atomic E-state index is 13.6. The van der Waals surface area contributed by atoms with E-state index in [2.05, 4.69) is 0 Å². The first-order valence-electron chi connectivity index (χ1n) is 10.5. The molecule has 8 heteroatoms. The smallest absolute Gasteiger partial charge is 0.252 e. The number of hydrogen-bond acceptors (Lipinski definition) is 4. The lowest BCUT2D eigenvalue weighted by Crippen LogP contribution is -2.46. The molecule has 0 aliphatic carbocycles. The summed E-state index contributed by atoms with van der Waals surface area (Å²) in [7, 11) is -4.07. The lowest BCUT2D eigenvalue weighted by molar-refractivity contribution is -0.122. The summed E-state index contributed by atoms with van der Waals surface area (Å²) in [4.78, 5) is 27.3. The molecule has 0 saturated carbocycles. The van der Waals surface area contributed by atoms with Crippen LogP contribution in [0.15, 0.2) is 83.8 Å². The number of amides is 2. The van der Waals surface area contributed by atoms with E-state index in [1.54, 1.807) is 24.3 Å². The van der Waals surface area contributed by atoms with Gasteiger partial charge in [0.15, 0.2) is 0 Å². The van der Waals surface area contributed by atoms with Crippen molar-refractivity contribution in [3.8, 4) is 0 Å². The van der Waals surface area contributed by atoms with Gasteiger partial charge in [0.1, 0.15) is 6.04 Å². The summed E-state index contributed by atoms with van der Waals surface area (Å²) < 4.78 is 28.3. The molecule has 3 aromatic carbocycles. The van der Waals surface area contributed by atoms with Crippen molar-refractivity contribution in [3.63, 3.8) is 0 Å². The van der Waals surface area contributed by atoms with Gasteiger partial charge in [-0.3, -0.25) is 9.59 Å². The fourth-order valence-corrected chi connectivity index (χ4v) is 5.58. The molecule has 0 bridgehead atoms. The molecule has 3 aromatic rings. The third kappa shape index (κ3) is 4.85. The number of rotatable bonds is 7. The molecular formula is C25H23ClN2O4S. The highest BCUT2D eigenvalue weighted by molar-refractivity contribution is 7.89. The Hall–Kier alpha value is -3.00. The number of carbonyl (C=O) groups is 2. The van der Waals surface area contributed by atoms with Gasteiger partial charge in [-0.05, 0) is 55.3 Å². The van der Waals surface area contributed by atoms with Crippen molar-refractivity contribution >= 4 is 39.1 Å². The van der Waals surface area contributed by atoms with E-state index in [4.69, 9.17) is 11.6 Å². The lowest BCUT2D eigenvalue weighted by atomic mass is 10.1. The van der Waals surface area contributed by atoms with E-state index >= 15 is 0 Å². The quantitative estimate of drug-likeness (QED) is 0.473. The average Bonchev–Trinajstić information content (AvgIpc) is 3.09. The Balaban J connectivity index is 1.69. The first kappa shape index (κ1) is 23.2. The largest absolute Gasteiger partial charge is 0.274 e. The highest BCUT2D eigenvalue weighted by atomic mass is 35.5. The van der Waals surface area contributed by atoms with Gasteiger partial charge in [-0.2, -0.15) is 4.31 Å². The Morgan fingerprint density at radius 1 is 0.939 bits per heavy atom. The minimum absolute atomic E-state index is 0.0222. The topological polar surface area (TPSA) is 74.8 Å². The van der Waals surface area contributed by atoms with Crippen LogP contribution in [0.1, 0.15) is 17.5 Å². The number of imide groups is 1. The van der Waals surface area contributed by atoms with E-state index in [0.29, 0.717) is 17.1 Å². The molecule has 33 heavy (non-hydrogen) atoms. The number of hydrogen-bond donors (Lipinski definition) is 0. The Morgan fingerprint density at radius 3 is 2.21 bits per heavy atom. The van der Waals surface area contributed by atoms with Crippen LogP contribution in [0.5, 0.6) is 0 Å². The van der Waals surface area contributed by atoms with Crippen LogP contribution in [0.3, 0.4) is 0 Å². The Kier molecular flexibility index (Phi) is 6.65. The zero-order chi connectivity index (χ0) is 23.6. The molecule has 1 aliphatic heterocycles. The molecule has 4 rings (SSSR count). The van der Waals surface area contributed by atoms with Crippen LogP contribution in [0, 0.1) is 6.92 Å². The zero-order valence-electron chi connectivity index (χ0n) is 18.0. The summed E-state index contributed by atoms with van der Waals surface area (Å²) >= 11 is 5.94. The summed E-state index contributed by atoms with van der Waals surface area (Å²) in [6.07, 6.45) is 0.185. The second kappa shape index (κ2) is 9.47. The number of sulfonamides is 1. The second-order valence-corrected chi connectivity index (χ2v) is 10.3. The van der Waals surface area contributed by atoms with Crippen LogP contribution in [0.25, 0.3) is 0 Å². The van der Waals surface area contributed by atoms with Crippen molar-refractivity contribution < 1.29 is 18.0 Å². The Morgan fingerprint density at radius 2 is 1.58 bits per heavy atom. The van der Waals surface area contributed by atoms with Crippen molar-refractivity contribution in [2.24, 2.45) is 0 Å². The van der Waals surface area contributed by atoms with Crippen LogP contribution in [0.4, 0.5) is 5.69 Å². The molecule has 1 unspecified atom stereocenters. The predicted octanol–water partition coefficient (Wildman–Crippen LogP) is 4.21. The van der Waals surface area contributed by atoms with Crippen molar-refractivity contribution in [2.45, 2.75) is 30.7 Å². The minimum Gasteiger partial charge on any atom is -0.274 e. The molecule has 0 spiro atoms. The Labute approximate surface area is 198 Å². The summed E-state index contributed by atoms with van der Waals surface area (Å²) in [6, 6.07) is 21.1. The van der Waals surface area contributed by atoms with E-state index in [0.717, 1.165) is 20.3 Å². The second-order valence-electron chi connectivity index (χ2n) is 7.93. The van der Waals surface area contributed by atoms with Gasteiger partial charge >= 0.3 is 0 Å². The number of carbonyl (C=O) groups excluding carboxylic acids is 2. The number of halogens is 1. The summed E-state index contributed by atoms with van der Waals surface area (Å²) in [6.45, 7) is 1.96. The normalized spacial score (nSPS) is 16.6. The molecule has 0 N–H and O–H groups in total. The number of anilines is 1. The fourth-order valence-electron chi connectivity index (χ4n) is 3.88. The number of aryl methyl sites for hydroxylation is 1. The molecule has 0 aromatic heterocycles. The maximum Gasteiger partial charge on any atom is 0.252 e. The predicted molar refractivity (Wildman–Crippen MR) is 128 cm³/mol. The van der Waals surface area contributed by atoms with E-state index in [9.17, 15) is 18.0 Å². The van der Waals surface area contributed by atoms with Gasteiger partial charge in [0, 0.05) is 11.6 Å². The summed E-state index contributed by atoms with van der Waals surface area (Å²) in [5.74, 6) is -0.973. The fraction of sp³-hybridized carbons (Fsp3) is 0.200. The Bertz CT molecular complexity index is 1260. The SMILES string of the molecule is Cc1ccc(N2C(=O)CC(N(CCc3ccccc3)S(=O)(=O)c3ccc(Cl)cc3)C2=O)cc1. The minimum atomic E-state index is -4.07. The van der Waals surface area contributed by atoms with E-state index in [-0.39, 0.29) is 17.9 Å². The number of nitrogens with zero attached hydrogens (tertiary/aromatic N) is 2. The molecule has 0 radical (unpaired) electrons. The highest BCUT2D eigenvalue weighted by Gasteiger charge is 2.46. The van der Waals surface area contributed by atoms with Crippen molar-refractivity contribution in [1.82, 2.24) is 4.31 Å². The van der Waals surface area contributed by atoms with Gasteiger partial charge in [-0.1, -0.05) is 59.6 Å². The van der Waals surface area contributed by atoms with Crippen molar-refractivity contribution in [3.05, 3.63) is 95.0 Å². The van der Waals surface area contributed by atoms with Crippen LogP contribution in [0.2, 0.25) is 5.02 Å². The third-order valence-corrected chi connectivity index (χ3v) is 7.82. The lowest BCUT2D eigenvalue weighted by Gasteiger charge is -2.27. The first-order chi connectivity index (χ1) is 15.8. The van der Waals surface area contributed by atoms with Gasteiger partial charge in [-0.25, -0.2) is 13.3 Å². The van der Waals surface area contributed by atoms with Crippen LogP contribution < -0.4 is 4.90 Å². The van der Waals surface area contributed by atoms with Gasteiger partial charge in [-0.15, -0.1) is 0 Å². The average molecular weight is 483 g/mol. The molecule has 6 nitrogen and oxygen atoms in total. The monoisotopic (exact) mass is 482 g/mol. The van der Waals surface area contributed by atoms with Crippen molar-refractivity contribution in [2.75, 3.05) is 11.4 Å². The molecule has 1 saturated heterocycles. The molecule has 1 heterocycles. The van der Waals surface area contributed by atoms with E-state index < -0.39 is 27.9 Å². The highest BCUT2D eigenvalue weighted by Crippen LogP contribution is 2.30. The van der Waals surface area contributed by atoms with Gasteiger partial charge in [0.2, 0.25) is 15.9 Å². The molecular weight excluding hydrogens is 460 g/mol. The van der Waals surface area contributed by atoms with Gasteiger partial charge in [0.25, 0.3) is 5.91 Å². The van der Waals surface area contributed by atoms with Crippen molar-refractivity contribution in [1.29, 1.82) is 0 Å². The molecule has 1 aliphatic rings. The van der Waals surface area contributed by atoms with Gasteiger partial charge < -0.3 is 0 Å². The van der Waals surface area contributed by atoms with Crippen LogP contribution >= 0.6 is 11.6 Å². The van der Waals surface area contributed by atoms with E-state index in [1.807, 2.05) is 37.3 Å². The van der Waals surface area contributed by atoms with E-state index in [1.165, 1.54) is 24.3 Å². The summed E-state index contributed by atoms with van der Waals surface area (Å²) in [5, 5.41) is 0.405.